The highest BCUT2D eigenvalue weighted by atomic mass is 35.5. The lowest BCUT2D eigenvalue weighted by molar-refractivity contribution is -0.434. The summed E-state index contributed by atoms with van der Waals surface area (Å²) in [6.45, 7) is 0. The second kappa shape index (κ2) is 3.99. The fourth-order valence-electron chi connectivity index (χ4n) is 0.949. The molecule has 0 aliphatic heterocycles. The maximum absolute atomic E-state index is 11.3. The number of Topliss-reactive ketones (excluding diaryl/α,β-unsaturated/α-hetero) is 2. The van der Waals surface area contributed by atoms with Gasteiger partial charge >= 0.3 is 17.2 Å². The number of carbonyl (C=O) groups is 2. The topological polar surface area (TPSA) is 120 Å². The molecule has 84 valence electrons. The summed E-state index contributed by atoms with van der Waals surface area (Å²) in [5.41, 5.74) is -2.69. The van der Waals surface area contributed by atoms with Gasteiger partial charge in [0.15, 0.2) is 10.1 Å². The molecule has 1 rings (SSSR count). The number of allylic oxidation sites excluding steroid dienone is 2. The van der Waals surface area contributed by atoms with E-state index in [1.807, 2.05) is 0 Å². The lowest BCUT2D eigenvalue weighted by Crippen LogP contribution is -2.28. The van der Waals surface area contributed by atoms with Crippen LogP contribution in [0.25, 0.3) is 0 Å². The number of carbonyl (C=O) groups excluding carboxylic acids is 2. The van der Waals surface area contributed by atoms with Crippen molar-refractivity contribution < 1.29 is 19.4 Å². The number of nitro groups is 2. The van der Waals surface area contributed by atoms with Gasteiger partial charge in [-0.25, -0.2) is 0 Å². The largest absolute Gasteiger partial charge is 0.346 e. The average Bonchev–Trinajstić information content (AvgIpc) is 2.13. The van der Waals surface area contributed by atoms with Crippen molar-refractivity contribution in [2.45, 2.75) is 0 Å². The highest BCUT2D eigenvalue weighted by Gasteiger charge is 2.47. The molecule has 0 atom stereocenters. The zero-order valence-corrected chi connectivity index (χ0v) is 8.61. The van der Waals surface area contributed by atoms with E-state index in [2.05, 4.69) is 0 Å². The van der Waals surface area contributed by atoms with Gasteiger partial charge in [-0.3, -0.25) is 29.8 Å². The average molecular weight is 267 g/mol. The Labute approximate surface area is 96.4 Å². The summed E-state index contributed by atoms with van der Waals surface area (Å²) in [6.07, 6.45) is 0. The van der Waals surface area contributed by atoms with Crippen molar-refractivity contribution in [3.05, 3.63) is 41.7 Å². The van der Waals surface area contributed by atoms with E-state index in [-0.39, 0.29) is 0 Å². The molecule has 0 saturated heterocycles. The first-order valence-electron chi connectivity index (χ1n) is 3.46. The Morgan fingerprint density at radius 2 is 1.12 bits per heavy atom. The molecule has 10 heteroatoms. The highest BCUT2D eigenvalue weighted by molar-refractivity contribution is 6.58. The van der Waals surface area contributed by atoms with E-state index in [1.54, 1.807) is 0 Å². The van der Waals surface area contributed by atoms with Gasteiger partial charge in [-0.2, -0.15) is 0 Å². The third-order valence-electron chi connectivity index (χ3n) is 1.61. The zero-order valence-electron chi connectivity index (χ0n) is 7.10. The Balaban J connectivity index is 3.51. The molecule has 0 amide bonds. The Morgan fingerprint density at radius 3 is 1.38 bits per heavy atom. The molecule has 0 bridgehead atoms. The molecule has 0 saturated carbocycles. The summed E-state index contributed by atoms with van der Waals surface area (Å²) < 4.78 is 0. The summed E-state index contributed by atoms with van der Waals surface area (Å²) in [4.78, 5) is 40.7. The van der Waals surface area contributed by atoms with Crippen LogP contribution in [0.4, 0.5) is 0 Å². The third-order valence-corrected chi connectivity index (χ3v) is 2.31. The molecule has 8 nitrogen and oxygen atoms in total. The van der Waals surface area contributed by atoms with Crippen LogP contribution in [-0.2, 0) is 9.59 Å². The summed E-state index contributed by atoms with van der Waals surface area (Å²) in [7, 11) is 0. The first-order valence-corrected chi connectivity index (χ1v) is 4.22. The van der Waals surface area contributed by atoms with E-state index >= 15 is 0 Å². The SMILES string of the molecule is O=C1C(Cl)=C([N+](=O)[O-])C(=O)C([N+](=O)[O-])=C1Cl. The minimum Gasteiger partial charge on any atom is -0.286 e. The van der Waals surface area contributed by atoms with E-state index in [1.165, 1.54) is 0 Å². The molecule has 0 fully saturated rings. The zero-order chi connectivity index (χ0) is 12.6. The van der Waals surface area contributed by atoms with Gasteiger partial charge in [-0.15, -0.1) is 0 Å². The van der Waals surface area contributed by atoms with E-state index < -0.39 is 42.9 Å². The number of rotatable bonds is 2. The molecule has 0 spiro atoms. The quantitative estimate of drug-likeness (QED) is 0.410. The van der Waals surface area contributed by atoms with Crippen LogP contribution in [0.5, 0.6) is 0 Å². The Bertz CT molecular complexity index is 463. The van der Waals surface area contributed by atoms with Gasteiger partial charge < -0.3 is 0 Å². The maximum atomic E-state index is 11.3. The molecule has 0 aromatic heterocycles. The number of hydrogen-bond acceptors (Lipinski definition) is 6. The lowest BCUT2D eigenvalue weighted by Gasteiger charge is -2.06. The fourth-order valence-corrected chi connectivity index (χ4v) is 1.50. The molecule has 16 heavy (non-hydrogen) atoms. The third kappa shape index (κ3) is 1.68. The lowest BCUT2D eigenvalue weighted by atomic mass is 10.1. The van der Waals surface area contributed by atoms with E-state index in [9.17, 15) is 29.8 Å². The predicted molar refractivity (Wildman–Crippen MR) is 49.8 cm³/mol. The van der Waals surface area contributed by atoms with Crippen molar-refractivity contribution in [3.8, 4) is 0 Å². The van der Waals surface area contributed by atoms with Crippen molar-refractivity contribution in [3.63, 3.8) is 0 Å². The van der Waals surface area contributed by atoms with Crippen molar-refractivity contribution in [2.24, 2.45) is 0 Å². The highest BCUT2D eigenvalue weighted by Crippen LogP contribution is 2.29. The van der Waals surface area contributed by atoms with Crippen LogP contribution in [0.15, 0.2) is 21.5 Å². The Morgan fingerprint density at radius 1 is 0.812 bits per heavy atom. The molecule has 0 unspecified atom stereocenters. The second-order valence-electron chi connectivity index (χ2n) is 2.50. The molecule has 0 radical (unpaired) electrons. The monoisotopic (exact) mass is 266 g/mol. The molecular formula is C6Cl2N2O6. The number of ketones is 2. The minimum atomic E-state index is -1.59. The predicted octanol–water partition coefficient (Wildman–Crippen LogP) is 0.592. The summed E-state index contributed by atoms with van der Waals surface area (Å²) in [5.74, 6) is -2.91. The van der Waals surface area contributed by atoms with E-state index in [0.717, 1.165) is 0 Å². The number of halogens is 2. The van der Waals surface area contributed by atoms with Gasteiger partial charge in [-0.05, 0) is 0 Å². The van der Waals surface area contributed by atoms with Crippen LogP contribution < -0.4 is 0 Å². The van der Waals surface area contributed by atoms with E-state index in [0.29, 0.717) is 0 Å². The summed E-state index contributed by atoms with van der Waals surface area (Å²) >= 11 is 10.4. The van der Waals surface area contributed by atoms with Crippen LogP contribution in [-0.4, -0.2) is 21.4 Å². The fraction of sp³-hybridized carbons (Fsp3) is 0. The van der Waals surface area contributed by atoms with Gasteiger partial charge in [-0.1, -0.05) is 23.2 Å². The number of hydrogen-bond donors (Lipinski definition) is 0. The minimum absolute atomic E-state index is 1.04. The molecule has 1 aliphatic rings. The first kappa shape index (κ1) is 12.3. The van der Waals surface area contributed by atoms with Gasteiger partial charge in [0.05, 0.1) is 9.85 Å². The second-order valence-corrected chi connectivity index (χ2v) is 3.25. The standard InChI is InChI=1S/C6Cl2N2O6/c7-1-3(9(13)14)6(12)4(10(15)16)2(8)5(1)11. The maximum Gasteiger partial charge on any atom is 0.346 e. The van der Waals surface area contributed by atoms with Crippen molar-refractivity contribution >= 4 is 34.8 Å². The van der Waals surface area contributed by atoms with Crippen LogP contribution >= 0.6 is 23.2 Å². The van der Waals surface area contributed by atoms with E-state index in [4.69, 9.17) is 23.2 Å². The Kier molecular flexibility index (Phi) is 3.06. The van der Waals surface area contributed by atoms with Gasteiger partial charge in [0.1, 0.15) is 0 Å². The molecule has 1 aliphatic carbocycles. The molecule has 0 aromatic carbocycles. The van der Waals surface area contributed by atoms with Crippen LogP contribution in [0.2, 0.25) is 0 Å². The molecular weight excluding hydrogens is 267 g/mol. The smallest absolute Gasteiger partial charge is 0.286 e. The van der Waals surface area contributed by atoms with Crippen LogP contribution in [0, 0.1) is 20.2 Å². The van der Waals surface area contributed by atoms with Crippen LogP contribution in [0.3, 0.4) is 0 Å². The van der Waals surface area contributed by atoms with Gasteiger partial charge in [0.2, 0.25) is 5.78 Å². The van der Waals surface area contributed by atoms with Gasteiger partial charge in [0.25, 0.3) is 0 Å². The van der Waals surface area contributed by atoms with Crippen LogP contribution in [0.1, 0.15) is 0 Å². The van der Waals surface area contributed by atoms with Gasteiger partial charge in [0, 0.05) is 0 Å². The van der Waals surface area contributed by atoms with Crippen molar-refractivity contribution in [2.75, 3.05) is 0 Å². The molecule has 0 N–H and O–H groups in total. The van der Waals surface area contributed by atoms with Crippen molar-refractivity contribution in [1.29, 1.82) is 0 Å². The summed E-state index contributed by atoms with van der Waals surface area (Å²) in [5, 5.41) is 18.7. The first-order chi connectivity index (χ1) is 7.29. The summed E-state index contributed by atoms with van der Waals surface area (Å²) in [6, 6.07) is 0. The number of nitrogens with zero attached hydrogens (tertiary/aromatic N) is 2. The molecule has 0 aromatic rings. The Hall–Kier alpha value is -1.80. The normalized spacial score (nSPS) is 16.9. The molecule has 0 heterocycles. The van der Waals surface area contributed by atoms with Crippen molar-refractivity contribution in [1.82, 2.24) is 0 Å².